The summed E-state index contributed by atoms with van der Waals surface area (Å²) in [5.41, 5.74) is 2.29. The lowest BCUT2D eigenvalue weighted by molar-refractivity contribution is -0.121. The van der Waals surface area contributed by atoms with Crippen LogP contribution in [0, 0.1) is 13.8 Å². The molecule has 19 heavy (non-hydrogen) atoms. The molecule has 0 bridgehead atoms. The highest BCUT2D eigenvalue weighted by Crippen LogP contribution is 2.20. The van der Waals surface area contributed by atoms with Crippen molar-refractivity contribution in [3.63, 3.8) is 0 Å². The summed E-state index contributed by atoms with van der Waals surface area (Å²) in [5, 5.41) is 11.8. The fourth-order valence-electron chi connectivity index (χ4n) is 1.64. The summed E-state index contributed by atoms with van der Waals surface area (Å²) in [4.78, 5) is 11.5. The summed E-state index contributed by atoms with van der Waals surface area (Å²) in [6, 6.07) is 5.89. The zero-order chi connectivity index (χ0) is 14.3. The van der Waals surface area contributed by atoms with E-state index < -0.39 is 0 Å². The minimum atomic E-state index is -0.383. The Labute approximate surface area is 114 Å². The molecular weight excluding hydrogens is 242 g/mol. The predicted octanol–water partition coefficient (Wildman–Crippen LogP) is 1.96. The smallest absolute Gasteiger partial charge is 0.223 e. The van der Waals surface area contributed by atoms with Gasteiger partial charge < -0.3 is 15.2 Å². The second-order valence-corrected chi connectivity index (χ2v) is 4.78. The summed E-state index contributed by atoms with van der Waals surface area (Å²) < 4.78 is 5.61. The topological polar surface area (TPSA) is 58.6 Å². The molecule has 0 saturated carbocycles. The minimum absolute atomic E-state index is 0.0500. The molecule has 2 N–H and O–H groups in total. The number of carbonyl (C=O) groups is 1. The Morgan fingerprint density at radius 1 is 1.42 bits per heavy atom. The Kier molecular flexibility index (Phi) is 6.36. The van der Waals surface area contributed by atoms with Gasteiger partial charge in [0.25, 0.3) is 0 Å². The quantitative estimate of drug-likeness (QED) is 0.792. The monoisotopic (exact) mass is 265 g/mol. The standard InChI is InChI=1S/C15H23NO3/c1-11-5-4-6-14(13(11)3)19-10-8-15(18)16-9-7-12(2)17/h4-6,12,17H,7-10H2,1-3H3,(H,16,18). The van der Waals surface area contributed by atoms with Crippen molar-refractivity contribution in [1.29, 1.82) is 0 Å². The van der Waals surface area contributed by atoms with E-state index in [0.29, 0.717) is 26.0 Å². The van der Waals surface area contributed by atoms with Crippen LogP contribution in [0.25, 0.3) is 0 Å². The van der Waals surface area contributed by atoms with Crippen molar-refractivity contribution >= 4 is 5.91 Å². The molecule has 1 amide bonds. The van der Waals surface area contributed by atoms with Crippen LogP contribution in [0.4, 0.5) is 0 Å². The number of carbonyl (C=O) groups excluding carboxylic acids is 1. The van der Waals surface area contributed by atoms with Crippen LogP contribution in [-0.2, 0) is 4.79 Å². The van der Waals surface area contributed by atoms with Crippen LogP contribution in [0.2, 0.25) is 0 Å². The Bertz CT molecular complexity index is 416. The lowest BCUT2D eigenvalue weighted by Gasteiger charge is -2.11. The van der Waals surface area contributed by atoms with Gasteiger partial charge in [-0.05, 0) is 44.4 Å². The second-order valence-electron chi connectivity index (χ2n) is 4.78. The molecule has 0 radical (unpaired) electrons. The SMILES string of the molecule is Cc1cccc(OCCC(=O)NCCC(C)O)c1C. The number of benzene rings is 1. The molecule has 0 spiro atoms. The average Bonchev–Trinajstić information content (AvgIpc) is 2.34. The van der Waals surface area contributed by atoms with Gasteiger partial charge in [-0.1, -0.05) is 12.1 Å². The highest BCUT2D eigenvalue weighted by molar-refractivity contribution is 5.75. The maximum absolute atomic E-state index is 11.5. The van der Waals surface area contributed by atoms with Gasteiger partial charge >= 0.3 is 0 Å². The molecule has 1 atom stereocenters. The fourth-order valence-corrected chi connectivity index (χ4v) is 1.64. The van der Waals surface area contributed by atoms with E-state index in [4.69, 9.17) is 9.84 Å². The highest BCUT2D eigenvalue weighted by Gasteiger charge is 2.05. The molecule has 106 valence electrons. The first-order valence-electron chi connectivity index (χ1n) is 6.64. The molecule has 0 fully saturated rings. The van der Waals surface area contributed by atoms with Gasteiger partial charge in [-0.25, -0.2) is 0 Å². The van der Waals surface area contributed by atoms with E-state index in [1.54, 1.807) is 6.92 Å². The number of aryl methyl sites for hydroxylation is 1. The van der Waals surface area contributed by atoms with Crippen molar-refractivity contribution in [1.82, 2.24) is 5.32 Å². The van der Waals surface area contributed by atoms with Crippen LogP contribution < -0.4 is 10.1 Å². The van der Waals surface area contributed by atoms with E-state index in [-0.39, 0.29) is 12.0 Å². The average molecular weight is 265 g/mol. The van der Waals surface area contributed by atoms with Crippen molar-refractivity contribution in [3.05, 3.63) is 29.3 Å². The summed E-state index contributed by atoms with van der Waals surface area (Å²) in [7, 11) is 0. The highest BCUT2D eigenvalue weighted by atomic mass is 16.5. The van der Waals surface area contributed by atoms with Gasteiger partial charge in [0.15, 0.2) is 0 Å². The molecule has 1 aromatic rings. The van der Waals surface area contributed by atoms with Crippen LogP contribution in [0.5, 0.6) is 5.75 Å². The third kappa shape index (κ3) is 5.75. The summed E-state index contributed by atoms with van der Waals surface area (Å²) in [6.45, 7) is 6.61. The normalized spacial score (nSPS) is 12.0. The molecule has 1 rings (SSSR count). The van der Waals surface area contributed by atoms with Crippen molar-refractivity contribution in [2.24, 2.45) is 0 Å². The van der Waals surface area contributed by atoms with E-state index >= 15 is 0 Å². The Morgan fingerprint density at radius 2 is 2.16 bits per heavy atom. The van der Waals surface area contributed by atoms with Crippen LogP contribution in [-0.4, -0.2) is 30.3 Å². The zero-order valence-electron chi connectivity index (χ0n) is 11.9. The van der Waals surface area contributed by atoms with E-state index in [9.17, 15) is 4.79 Å². The number of amides is 1. The third-order valence-electron chi connectivity index (χ3n) is 3.03. The molecule has 0 heterocycles. The first-order valence-corrected chi connectivity index (χ1v) is 6.64. The second kappa shape index (κ2) is 7.79. The molecule has 1 aromatic carbocycles. The van der Waals surface area contributed by atoms with Crippen molar-refractivity contribution in [3.8, 4) is 5.75 Å². The Balaban J connectivity index is 2.26. The molecule has 0 saturated heterocycles. The van der Waals surface area contributed by atoms with Crippen molar-refractivity contribution in [2.45, 2.75) is 39.7 Å². The minimum Gasteiger partial charge on any atom is -0.493 e. The number of aliphatic hydroxyl groups excluding tert-OH is 1. The molecular formula is C15H23NO3. The number of hydrogen-bond acceptors (Lipinski definition) is 3. The Morgan fingerprint density at radius 3 is 2.84 bits per heavy atom. The van der Waals surface area contributed by atoms with Crippen LogP contribution in [0.3, 0.4) is 0 Å². The van der Waals surface area contributed by atoms with Gasteiger partial charge in [-0.15, -0.1) is 0 Å². The van der Waals surface area contributed by atoms with Gasteiger partial charge in [-0.3, -0.25) is 4.79 Å². The van der Waals surface area contributed by atoms with Crippen LogP contribution in [0.15, 0.2) is 18.2 Å². The van der Waals surface area contributed by atoms with Crippen molar-refractivity contribution < 1.29 is 14.6 Å². The fraction of sp³-hybridized carbons (Fsp3) is 0.533. The van der Waals surface area contributed by atoms with Crippen molar-refractivity contribution in [2.75, 3.05) is 13.2 Å². The predicted molar refractivity (Wildman–Crippen MR) is 75.3 cm³/mol. The molecule has 0 aromatic heterocycles. The number of ether oxygens (including phenoxy) is 1. The molecule has 0 aliphatic rings. The first-order chi connectivity index (χ1) is 9.00. The third-order valence-corrected chi connectivity index (χ3v) is 3.03. The van der Waals surface area contributed by atoms with E-state index in [1.807, 2.05) is 32.0 Å². The maximum atomic E-state index is 11.5. The number of nitrogens with one attached hydrogen (secondary N) is 1. The first kappa shape index (κ1) is 15.5. The van der Waals surface area contributed by atoms with Gasteiger partial charge in [0.1, 0.15) is 5.75 Å². The summed E-state index contributed by atoms with van der Waals surface area (Å²) in [5.74, 6) is 0.780. The largest absolute Gasteiger partial charge is 0.493 e. The molecule has 1 unspecified atom stereocenters. The van der Waals surface area contributed by atoms with Gasteiger partial charge in [0, 0.05) is 6.54 Å². The number of hydrogen-bond donors (Lipinski definition) is 2. The lowest BCUT2D eigenvalue weighted by Crippen LogP contribution is -2.27. The maximum Gasteiger partial charge on any atom is 0.223 e. The van der Waals surface area contributed by atoms with Gasteiger partial charge in [0.2, 0.25) is 5.91 Å². The molecule has 4 nitrogen and oxygen atoms in total. The van der Waals surface area contributed by atoms with Gasteiger partial charge in [-0.2, -0.15) is 0 Å². The van der Waals surface area contributed by atoms with Crippen LogP contribution >= 0.6 is 0 Å². The molecule has 4 heteroatoms. The molecule has 0 aliphatic carbocycles. The Hall–Kier alpha value is -1.55. The zero-order valence-corrected chi connectivity index (χ0v) is 11.9. The van der Waals surface area contributed by atoms with E-state index in [2.05, 4.69) is 5.32 Å². The number of aliphatic hydroxyl groups is 1. The summed E-state index contributed by atoms with van der Waals surface area (Å²) >= 11 is 0. The molecule has 0 aliphatic heterocycles. The number of rotatable bonds is 7. The van der Waals surface area contributed by atoms with E-state index in [1.165, 1.54) is 5.56 Å². The van der Waals surface area contributed by atoms with Gasteiger partial charge in [0.05, 0.1) is 19.1 Å². The van der Waals surface area contributed by atoms with E-state index in [0.717, 1.165) is 11.3 Å². The van der Waals surface area contributed by atoms with Crippen LogP contribution in [0.1, 0.15) is 30.9 Å². The lowest BCUT2D eigenvalue weighted by atomic mass is 10.1. The summed E-state index contributed by atoms with van der Waals surface area (Å²) in [6.07, 6.45) is 0.517.